The molecule has 0 fully saturated rings. The molecule has 0 spiro atoms. The zero-order chi connectivity index (χ0) is 20.2. The molecule has 0 unspecified atom stereocenters. The number of aromatic amines is 1. The van der Waals surface area contributed by atoms with Crippen molar-refractivity contribution in [1.29, 1.82) is 0 Å². The Morgan fingerprint density at radius 1 is 1.14 bits per heavy atom. The quantitative estimate of drug-likeness (QED) is 0.501. The molecule has 0 atom stereocenters. The van der Waals surface area contributed by atoms with Crippen LogP contribution in [0.3, 0.4) is 0 Å². The summed E-state index contributed by atoms with van der Waals surface area (Å²) in [5.41, 5.74) is 2.94. The maximum Gasteiger partial charge on any atom is 0.315 e. The molecule has 0 aliphatic carbocycles. The van der Waals surface area contributed by atoms with Crippen LogP contribution < -0.4 is 14.8 Å². The van der Waals surface area contributed by atoms with Crippen molar-refractivity contribution < 1.29 is 18.8 Å². The summed E-state index contributed by atoms with van der Waals surface area (Å²) >= 11 is 0. The number of amides is 1. The minimum Gasteiger partial charge on any atom is -0.493 e. The van der Waals surface area contributed by atoms with Gasteiger partial charge in [0, 0.05) is 30.1 Å². The highest BCUT2D eigenvalue weighted by atomic mass is 16.5. The van der Waals surface area contributed by atoms with Crippen molar-refractivity contribution in [1.82, 2.24) is 20.4 Å². The van der Waals surface area contributed by atoms with Crippen LogP contribution in [0.1, 0.15) is 27.6 Å². The van der Waals surface area contributed by atoms with Gasteiger partial charge in [-0.05, 0) is 29.3 Å². The molecule has 4 rings (SSSR count). The molecule has 0 saturated carbocycles. The second kappa shape index (κ2) is 8.05. The van der Waals surface area contributed by atoms with Gasteiger partial charge in [0.15, 0.2) is 17.3 Å². The predicted octanol–water partition coefficient (Wildman–Crippen LogP) is 3.09. The summed E-state index contributed by atoms with van der Waals surface area (Å²) in [6.45, 7) is 0.291. The lowest BCUT2D eigenvalue weighted by atomic mass is 10.1. The molecule has 0 saturated heterocycles. The number of rotatable bonds is 7. The molecule has 2 aromatic carbocycles. The second-order valence-electron chi connectivity index (χ2n) is 6.42. The monoisotopic (exact) mass is 392 g/mol. The van der Waals surface area contributed by atoms with Gasteiger partial charge >= 0.3 is 11.8 Å². The van der Waals surface area contributed by atoms with Crippen molar-refractivity contribution in [2.45, 2.75) is 13.0 Å². The number of para-hydroxylation sites is 1. The van der Waals surface area contributed by atoms with Gasteiger partial charge in [0.05, 0.1) is 14.2 Å². The molecule has 1 amide bonds. The third-order valence-electron chi connectivity index (χ3n) is 4.59. The average Bonchev–Trinajstić information content (AvgIpc) is 3.39. The van der Waals surface area contributed by atoms with Crippen molar-refractivity contribution in [3.63, 3.8) is 0 Å². The van der Waals surface area contributed by atoms with Crippen LogP contribution in [0.15, 0.2) is 53.2 Å². The molecule has 8 nitrogen and oxygen atoms in total. The lowest BCUT2D eigenvalue weighted by Crippen LogP contribution is -2.23. The van der Waals surface area contributed by atoms with E-state index in [0.29, 0.717) is 30.3 Å². The van der Waals surface area contributed by atoms with Crippen LogP contribution in [0.25, 0.3) is 10.9 Å². The standard InChI is InChI=1S/C21H20N4O4/c1-27-17-8-7-13(9-18(17)28-2)11-23-20(26)21-24-19(25-29-21)10-14-12-22-16-6-4-3-5-15(14)16/h3-9,12,22H,10-11H2,1-2H3,(H,23,26). The van der Waals surface area contributed by atoms with E-state index in [1.165, 1.54) is 0 Å². The topological polar surface area (TPSA) is 102 Å². The number of ether oxygens (including phenoxy) is 2. The SMILES string of the molecule is COc1ccc(CNC(=O)c2nc(Cc3c[nH]c4ccccc34)no2)cc1OC. The van der Waals surface area contributed by atoms with E-state index in [2.05, 4.69) is 20.4 Å². The van der Waals surface area contributed by atoms with Gasteiger partial charge in [-0.15, -0.1) is 0 Å². The number of benzene rings is 2. The summed E-state index contributed by atoms with van der Waals surface area (Å²) in [5, 5.41) is 7.79. The molecule has 4 aromatic rings. The van der Waals surface area contributed by atoms with Crippen LogP contribution in [-0.2, 0) is 13.0 Å². The number of nitrogens with zero attached hydrogens (tertiary/aromatic N) is 2. The number of carbonyl (C=O) groups is 1. The number of fused-ring (bicyclic) bond motifs is 1. The Balaban J connectivity index is 1.41. The third-order valence-corrected chi connectivity index (χ3v) is 4.59. The minimum absolute atomic E-state index is 0.0692. The number of hydrogen-bond acceptors (Lipinski definition) is 6. The zero-order valence-corrected chi connectivity index (χ0v) is 16.1. The van der Waals surface area contributed by atoms with Crippen molar-refractivity contribution >= 4 is 16.8 Å². The Labute approximate surface area is 166 Å². The van der Waals surface area contributed by atoms with Gasteiger partial charge in [-0.25, -0.2) is 0 Å². The molecular weight excluding hydrogens is 372 g/mol. The van der Waals surface area contributed by atoms with Gasteiger partial charge in [-0.1, -0.05) is 29.4 Å². The van der Waals surface area contributed by atoms with Gasteiger partial charge in [0.1, 0.15) is 0 Å². The molecule has 0 aliphatic heterocycles. The Hall–Kier alpha value is -3.81. The van der Waals surface area contributed by atoms with E-state index >= 15 is 0 Å². The molecule has 8 heteroatoms. The van der Waals surface area contributed by atoms with E-state index in [9.17, 15) is 4.79 Å². The highest BCUT2D eigenvalue weighted by molar-refractivity contribution is 5.89. The summed E-state index contributed by atoms with van der Waals surface area (Å²) in [5.74, 6) is 1.17. The van der Waals surface area contributed by atoms with Crippen LogP contribution in [-0.4, -0.2) is 35.3 Å². The van der Waals surface area contributed by atoms with Crippen LogP contribution in [0, 0.1) is 0 Å². The Morgan fingerprint density at radius 2 is 1.97 bits per heavy atom. The van der Waals surface area contributed by atoms with E-state index in [-0.39, 0.29) is 5.89 Å². The fourth-order valence-corrected chi connectivity index (χ4v) is 3.11. The first-order valence-corrected chi connectivity index (χ1v) is 9.04. The summed E-state index contributed by atoms with van der Waals surface area (Å²) in [4.78, 5) is 19.8. The highest BCUT2D eigenvalue weighted by Crippen LogP contribution is 2.27. The molecular formula is C21H20N4O4. The first-order chi connectivity index (χ1) is 14.2. The summed E-state index contributed by atoms with van der Waals surface area (Å²) in [7, 11) is 3.14. The van der Waals surface area contributed by atoms with Gasteiger partial charge < -0.3 is 24.3 Å². The molecule has 0 bridgehead atoms. The van der Waals surface area contributed by atoms with E-state index in [0.717, 1.165) is 22.0 Å². The van der Waals surface area contributed by atoms with Crippen LogP contribution in [0.5, 0.6) is 11.5 Å². The maximum absolute atomic E-state index is 12.4. The van der Waals surface area contributed by atoms with E-state index in [1.807, 2.05) is 36.5 Å². The number of methoxy groups -OCH3 is 2. The van der Waals surface area contributed by atoms with Gasteiger partial charge in [0.25, 0.3) is 0 Å². The first-order valence-electron chi connectivity index (χ1n) is 9.04. The van der Waals surface area contributed by atoms with Crippen molar-refractivity contribution in [3.8, 4) is 11.5 Å². The average molecular weight is 392 g/mol. The van der Waals surface area contributed by atoms with Crippen molar-refractivity contribution in [2.24, 2.45) is 0 Å². The summed E-state index contributed by atoms with van der Waals surface area (Å²) in [6.07, 6.45) is 2.38. The third kappa shape index (κ3) is 3.91. The van der Waals surface area contributed by atoms with E-state index < -0.39 is 5.91 Å². The second-order valence-corrected chi connectivity index (χ2v) is 6.42. The number of carbonyl (C=O) groups excluding carboxylic acids is 1. The molecule has 2 aromatic heterocycles. The van der Waals surface area contributed by atoms with E-state index in [1.54, 1.807) is 26.4 Å². The Kier molecular flexibility index (Phi) is 5.15. The summed E-state index contributed by atoms with van der Waals surface area (Å²) in [6, 6.07) is 13.4. The van der Waals surface area contributed by atoms with Crippen molar-refractivity contribution in [3.05, 3.63) is 71.5 Å². The van der Waals surface area contributed by atoms with E-state index in [4.69, 9.17) is 14.0 Å². The largest absolute Gasteiger partial charge is 0.493 e. The van der Waals surface area contributed by atoms with Gasteiger partial charge in [0.2, 0.25) is 0 Å². The number of hydrogen-bond donors (Lipinski definition) is 2. The van der Waals surface area contributed by atoms with Gasteiger partial charge in [-0.2, -0.15) is 4.98 Å². The number of H-pyrrole nitrogens is 1. The van der Waals surface area contributed by atoms with Crippen molar-refractivity contribution in [2.75, 3.05) is 14.2 Å². The molecule has 29 heavy (non-hydrogen) atoms. The normalized spacial score (nSPS) is 10.8. The molecule has 0 aliphatic rings. The minimum atomic E-state index is -0.433. The molecule has 2 N–H and O–H groups in total. The van der Waals surface area contributed by atoms with Crippen LogP contribution >= 0.6 is 0 Å². The summed E-state index contributed by atoms with van der Waals surface area (Å²) < 4.78 is 15.6. The lowest BCUT2D eigenvalue weighted by Gasteiger charge is -2.09. The number of aromatic nitrogens is 3. The Bertz CT molecular complexity index is 1150. The lowest BCUT2D eigenvalue weighted by molar-refractivity contribution is 0.0907. The molecule has 148 valence electrons. The fourth-order valence-electron chi connectivity index (χ4n) is 3.11. The molecule has 0 radical (unpaired) electrons. The zero-order valence-electron chi connectivity index (χ0n) is 16.1. The van der Waals surface area contributed by atoms with Crippen LogP contribution in [0.4, 0.5) is 0 Å². The first kappa shape index (κ1) is 18.5. The fraction of sp³-hybridized carbons (Fsp3) is 0.190. The number of nitrogens with one attached hydrogen (secondary N) is 2. The van der Waals surface area contributed by atoms with Crippen LogP contribution in [0.2, 0.25) is 0 Å². The Morgan fingerprint density at radius 3 is 2.79 bits per heavy atom. The van der Waals surface area contributed by atoms with Gasteiger partial charge in [-0.3, -0.25) is 4.79 Å². The maximum atomic E-state index is 12.4. The molecule has 2 heterocycles. The predicted molar refractivity (Wildman–Crippen MR) is 106 cm³/mol. The highest BCUT2D eigenvalue weighted by Gasteiger charge is 2.16. The smallest absolute Gasteiger partial charge is 0.315 e.